The van der Waals surface area contributed by atoms with Crippen molar-refractivity contribution >= 4 is 15.9 Å². The van der Waals surface area contributed by atoms with E-state index in [0.29, 0.717) is 0 Å². The van der Waals surface area contributed by atoms with E-state index >= 15 is 0 Å². The fourth-order valence-corrected chi connectivity index (χ4v) is 2.56. The van der Waals surface area contributed by atoms with Gasteiger partial charge in [0.15, 0.2) is 0 Å². The van der Waals surface area contributed by atoms with Crippen LogP contribution in [0.4, 0.5) is 0 Å². The normalized spacial score (nSPS) is 32.2. The topological polar surface area (TPSA) is 12.0 Å². The van der Waals surface area contributed by atoms with Crippen LogP contribution in [0.3, 0.4) is 0 Å². The van der Waals surface area contributed by atoms with Crippen LogP contribution in [-0.4, -0.2) is 18.4 Å². The Balaban J connectivity index is 2.31. The van der Waals surface area contributed by atoms with Gasteiger partial charge < -0.3 is 5.32 Å². The predicted molar refractivity (Wildman–Crippen MR) is 53.2 cm³/mol. The molecule has 1 saturated heterocycles. The average Bonchev–Trinajstić information content (AvgIpc) is 2.06. The van der Waals surface area contributed by atoms with E-state index in [9.17, 15) is 0 Å². The maximum absolute atomic E-state index is 3.52. The highest BCUT2D eigenvalue weighted by molar-refractivity contribution is 9.09. The molecule has 11 heavy (non-hydrogen) atoms. The maximum atomic E-state index is 3.52. The molecule has 1 rings (SSSR count). The summed E-state index contributed by atoms with van der Waals surface area (Å²) in [4.78, 5) is 0. The summed E-state index contributed by atoms with van der Waals surface area (Å²) >= 11 is 3.52. The molecule has 0 aromatic heterocycles. The molecule has 2 atom stereocenters. The van der Waals surface area contributed by atoms with Gasteiger partial charge in [-0.1, -0.05) is 29.3 Å². The first kappa shape index (κ1) is 9.53. The van der Waals surface area contributed by atoms with Crippen LogP contribution in [-0.2, 0) is 0 Å². The highest BCUT2D eigenvalue weighted by Crippen LogP contribution is 2.25. The average molecular weight is 220 g/mol. The summed E-state index contributed by atoms with van der Waals surface area (Å²) in [6, 6.07) is 0. The quantitative estimate of drug-likeness (QED) is 0.720. The Labute approximate surface area is 78.1 Å². The third kappa shape index (κ3) is 2.75. The van der Waals surface area contributed by atoms with Gasteiger partial charge in [0.2, 0.25) is 0 Å². The van der Waals surface area contributed by atoms with Gasteiger partial charge in [0.05, 0.1) is 0 Å². The highest BCUT2D eigenvalue weighted by atomic mass is 79.9. The van der Waals surface area contributed by atoms with E-state index in [2.05, 4.69) is 28.2 Å². The number of nitrogens with one attached hydrogen (secondary N) is 1. The van der Waals surface area contributed by atoms with E-state index in [0.717, 1.165) is 11.8 Å². The third-order valence-electron chi connectivity index (χ3n) is 2.77. The molecule has 1 fully saturated rings. The molecule has 0 aromatic carbocycles. The second-order valence-electron chi connectivity index (χ2n) is 3.40. The van der Waals surface area contributed by atoms with E-state index in [1.165, 1.54) is 37.7 Å². The standard InChI is InChI=1S/C9H18BrN/c1-2-8-7-11-6-4-9(8)3-5-10/h8-9,11H,2-7H2,1H3/t8-,9-/m0/s1. The zero-order chi connectivity index (χ0) is 8.10. The molecule has 0 amide bonds. The Kier molecular flexibility index (Phi) is 4.46. The van der Waals surface area contributed by atoms with Crippen molar-refractivity contribution in [1.82, 2.24) is 5.32 Å². The van der Waals surface area contributed by atoms with E-state index < -0.39 is 0 Å². The van der Waals surface area contributed by atoms with Crippen molar-refractivity contribution in [2.75, 3.05) is 18.4 Å². The molecular weight excluding hydrogens is 202 g/mol. The summed E-state index contributed by atoms with van der Waals surface area (Å²) in [7, 11) is 0. The van der Waals surface area contributed by atoms with Gasteiger partial charge in [-0.3, -0.25) is 0 Å². The molecule has 2 heteroatoms. The lowest BCUT2D eigenvalue weighted by atomic mass is 9.83. The SMILES string of the molecule is CC[C@H]1CNCC[C@@H]1CCBr. The zero-order valence-corrected chi connectivity index (χ0v) is 8.86. The van der Waals surface area contributed by atoms with E-state index in [-0.39, 0.29) is 0 Å². The fourth-order valence-electron chi connectivity index (χ4n) is 1.98. The lowest BCUT2D eigenvalue weighted by Crippen LogP contribution is -2.36. The van der Waals surface area contributed by atoms with Crippen molar-refractivity contribution in [2.24, 2.45) is 11.8 Å². The molecule has 0 aromatic rings. The largest absolute Gasteiger partial charge is 0.316 e. The number of hydrogen-bond acceptors (Lipinski definition) is 1. The third-order valence-corrected chi connectivity index (χ3v) is 3.23. The molecule has 1 aliphatic rings. The minimum absolute atomic E-state index is 0.932. The molecule has 0 saturated carbocycles. The van der Waals surface area contributed by atoms with Gasteiger partial charge in [0, 0.05) is 5.33 Å². The minimum Gasteiger partial charge on any atom is -0.316 e. The molecule has 1 N–H and O–H groups in total. The predicted octanol–water partition coefficient (Wildman–Crippen LogP) is 2.41. The lowest BCUT2D eigenvalue weighted by Gasteiger charge is -2.31. The number of hydrogen-bond donors (Lipinski definition) is 1. The molecule has 1 aliphatic heterocycles. The second-order valence-corrected chi connectivity index (χ2v) is 4.19. The number of piperidine rings is 1. The fraction of sp³-hybridized carbons (Fsp3) is 1.00. The van der Waals surface area contributed by atoms with Gasteiger partial charge >= 0.3 is 0 Å². The smallest absolute Gasteiger partial charge is 0.00340 e. The lowest BCUT2D eigenvalue weighted by molar-refractivity contribution is 0.243. The first-order valence-corrected chi connectivity index (χ1v) is 5.77. The number of alkyl halides is 1. The van der Waals surface area contributed by atoms with Gasteiger partial charge in [-0.25, -0.2) is 0 Å². The van der Waals surface area contributed by atoms with Crippen molar-refractivity contribution in [2.45, 2.75) is 26.2 Å². The molecule has 0 radical (unpaired) electrons. The van der Waals surface area contributed by atoms with Crippen LogP contribution in [0.1, 0.15) is 26.2 Å². The Morgan fingerprint density at radius 3 is 2.91 bits per heavy atom. The molecule has 0 spiro atoms. The molecule has 0 aliphatic carbocycles. The summed E-state index contributed by atoms with van der Waals surface area (Å²) in [6.07, 6.45) is 4.08. The zero-order valence-electron chi connectivity index (χ0n) is 7.28. The van der Waals surface area contributed by atoms with Crippen LogP contribution >= 0.6 is 15.9 Å². The van der Waals surface area contributed by atoms with Gasteiger partial charge in [0.25, 0.3) is 0 Å². The van der Waals surface area contributed by atoms with Crippen molar-refractivity contribution in [1.29, 1.82) is 0 Å². The Morgan fingerprint density at radius 2 is 2.27 bits per heavy atom. The molecule has 1 heterocycles. The summed E-state index contributed by atoms with van der Waals surface area (Å²) < 4.78 is 0. The number of rotatable bonds is 3. The van der Waals surface area contributed by atoms with Crippen LogP contribution in [0.5, 0.6) is 0 Å². The Bertz CT molecular complexity index is 104. The number of halogens is 1. The maximum Gasteiger partial charge on any atom is 0.00340 e. The van der Waals surface area contributed by atoms with E-state index in [1.54, 1.807) is 0 Å². The van der Waals surface area contributed by atoms with Crippen molar-refractivity contribution in [3.8, 4) is 0 Å². The molecule has 66 valence electrons. The van der Waals surface area contributed by atoms with Crippen molar-refractivity contribution < 1.29 is 0 Å². The summed E-state index contributed by atoms with van der Waals surface area (Å²) in [5, 5.41) is 4.63. The Hall–Kier alpha value is 0.440. The monoisotopic (exact) mass is 219 g/mol. The first-order chi connectivity index (χ1) is 5.38. The highest BCUT2D eigenvalue weighted by Gasteiger charge is 2.22. The second kappa shape index (κ2) is 5.15. The van der Waals surface area contributed by atoms with Gasteiger partial charge in [-0.15, -0.1) is 0 Å². The summed E-state index contributed by atoms with van der Waals surface area (Å²) in [6.45, 7) is 4.78. The van der Waals surface area contributed by atoms with Crippen LogP contribution in [0, 0.1) is 11.8 Å². The van der Waals surface area contributed by atoms with Crippen LogP contribution < -0.4 is 5.32 Å². The molecular formula is C9H18BrN. The molecule has 1 nitrogen and oxygen atoms in total. The summed E-state index contributed by atoms with van der Waals surface area (Å²) in [5.41, 5.74) is 0. The summed E-state index contributed by atoms with van der Waals surface area (Å²) in [5.74, 6) is 1.90. The molecule has 0 bridgehead atoms. The molecule has 0 unspecified atom stereocenters. The first-order valence-electron chi connectivity index (χ1n) is 4.65. The Morgan fingerprint density at radius 1 is 1.45 bits per heavy atom. The van der Waals surface area contributed by atoms with Gasteiger partial charge in [-0.05, 0) is 37.8 Å². The van der Waals surface area contributed by atoms with Crippen molar-refractivity contribution in [3.63, 3.8) is 0 Å². The van der Waals surface area contributed by atoms with Crippen molar-refractivity contribution in [3.05, 3.63) is 0 Å². The van der Waals surface area contributed by atoms with Crippen LogP contribution in [0.25, 0.3) is 0 Å². The van der Waals surface area contributed by atoms with Gasteiger partial charge in [0.1, 0.15) is 0 Å². The van der Waals surface area contributed by atoms with E-state index in [1.807, 2.05) is 0 Å². The van der Waals surface area contributed by atoms with E-state index in [4.69, 9.17) is 0 Å². The van der Waals surface area contributed by atoms with Crippen LogP contribution in [0.15, 0.2) is 0 Å². The van der Waals surface area contributed by atoms with Gasteiger partial charge in [-0.2, -0.15) is 0 Å². The van der Waals surface area contributed by atoms with Crippen LogP contribution in [0.2, 0.25) is 0 Å². The minimum atomic E-state index is 0.932.